The number of halogens is 2. The van der Waals surface area contributed by atoms with Gasteiger partial charge in [-0.15, -0.1) is 4.48 Å². The van der Waals surface area contributed by atoms with Crippen LogP contribution in [0.3, 0.4) is 0 Å². The molecule has 0 spiro atoms. The van der Waals surface area contributed by atoms with Crippen molar-refractivity contribution in [2.24, 2.45) is 0 Å². The standard InChI is InChI=1S/C6H3F2N3O4/c7-3-1-4(9-8)6(11(14)15)2-5(3)10(12)13/h1-2,9H. The van der Waals surface area contributed by atoms with Crippen LogP contribution in [0.15, 0.2) is 12.1 Å². The summed E-state index contributed by atoms with van der Waals surface area (Å²) in [4.78, 5) is 18.3. The number of nitrogens with one attached hydrogen (secondary N) is 1. The van der Waals surface area contributed by atoms with E-state index in [1.807, 2.05) is 0 Å². The Bertz CT molecular complexity index is 437. The third kappa shape index (κ3) is 1.95. The number of nitro benzene ring substituents is 2. The van der Waals surface area contributed by atoms with E-state index in [-0.39, 0.29) is 0 Å². The van der Waals surface area contributed by atoms with Crippen LogP contribution >= 0.6 is 0 Å². The van der Waals surface area contributed by atoms with Crippen molar-refractivity contribution in [1.29, 1.82) is 0 Å². The maximum absolute atomic E-state index is 12.9. The van der Waals surface area contributed by atoms with Crippen LogP contribution in [0.4, 0.5) is 25.9 Å². The third-order valence-corrected chi connectivity index (χ3v) is 1.56. The first-order valence-electron chi connectivity index (χ1n) is 3.46. The third-order valence-electron chi connectivity index (χ3n) is 1.56. The normalized spacial score (nSPS) is 9.73. The molecule has 1 N–H and O–H groups in total. The second kappa shape index (κ2) is 3.82. The molecule has 1 aromatic carbocycles. The van der Waals surface area contributed by atoms with Gasteiger partial charge in [0.25, 0.3) is 0 Å². The smallest absolute Gasteiger partial charge is 0.258 e. The summed E-state index contributed by atoms with van der Waals surface area (Å²) in [6.07, 6.45) is 0. The predicted molar refractivity (Wildman–Crippen MR) is 44.4 cm³/mol. The Morgan fingerprint density at radius 3 is 2.07 bits per heavy atom. The quantitative estimate of drug-likeness (QED) is 0.475. The summed E-state index contributed by atoms with van der Waals surface area (Å²) in [6.45, 7) is 0. The fourth-order valence-electron chi connectivity index (χ4n) is 0.917. The number of nitro groups is 2. The lowest BCUT2D eigenvalue weighted by Gasteiger charge is -1.99. The zero-order valence-corrected chi connectivity index (χ0v) is 6.94. The average Bonchev–Trinajstić information content (AvgIpc) is 2.16. The van der Waals surface area contributed by atoms with Gasteiger partial charge in [-0.2, -0.15) is 4.39 Å². The molecule has 0 bridgehead atoms. The van der Waals surface area contributed by atoms with Gasteiger partial charge in [0.2, 0.25) is 5.82 Å². The lowest BCUT2D eigenvalue weighted by Crippen LogP contribution is -1.99. The summed E-state index contributed by atoms with van der Waals surface area (Å²) in [6, 6.07) is 0.688. The number of hydrogen-bond donors (Lipinski definition) is 1. The SMILES string of the molecule is O=[N+]([O-])c1cc([N+](=O)[O-])c(NF)cc1F. The molecule has 80 valence electrons. The molecule has 0 aliphatic heterocycles. The van der Waals surface area contributed by atoms with Crippen molar-refractivity contribution in [3.8, 4) is 0 Å². The topological polar surface area (TPSA) is 98.3 Å². The molecular formula is C6H3F2N3O4. The van der Waals surface area contributed by atoms with Crippen LogP contribution in [0.25, 0.3) is 0 Å². The number of hydrogen-bond acceptors (Lipinski definition) is 5. The highest BCUT2D eigenvalue weighted by Crippen LogP contribution is 2.31. The molecule has 0 aromatic heterocycles. The average molecular weight is 219 g/mol. The van der Waals surface area contributed by atoms with Crippen molar-refractivity contribution in [3.63, 3.8) is 0 Å². The highest BCUT2D eigenvalue weighted by atomic mass is 19.2. The van der Waals surface area contributed by atoms with E-state index in [1.54, 1.807) is 0 Å². The molecule has 0 saturated heterocycles. The van der Waals surface area contributed by atoms with Gasteiger partial charge in [0.05, 0.1) is 15.9 Å². The highest BCUT2D eigenvalue weighted by molar-refractivity contribution is 5.64. The first-order valence-corrected chi connectivity index (χ1v) is 3.46. The lowest BCUT2D eigenvalue weighted by molar-refractivity contribution is -0.395. The van der Waals surface area contributed by atoms with Gasteiger partial charge in [-0.3, -0.25) is 20.2 Å². The summed E-state index contributed by atoms with van der Waals surface area (Å²) >= 11 is 0. The van der Waals surface area contributed by atoms with Crippen LogP contribution < -0.4 is 5.54 Å². The summed E-state index contributed by atoms with van der Waals surface area (Å²) in [5, 5.41) is 20.5. The Labute approximate surface area is 80.6 Å². The minimum atomic E-state index is -1.36. The van der Waals surface area contributed by atoms with Crippen LogP contribution in [0.1, 0.15) is 0 Å². The van der Waals surface area contributed by atoms with Crippen molar-refractivity contribution < 1.29 is 18.7 Å². The van der Waals surface area contributed by atoms with E-state index in [4.69, 9.17) is 0 Å². The van der Waals surface area contributed by atoms with E-state index in [0.29, 0.717) is 12.1 Å². The van der Waals surface area contributed by atoms with Crippen LogP contribution in [-0.4, -0.2) is 9.85 Å². The van der Waals surface area contributed by atoms with Gasteiger partial charge in [-0.05, 0) is 0 Å². The highest BCUT2D eigenvalue weighted by Gasteiger charge is 2.24. The predicted octanol–water partition coefficient (Wildman–Crippen LogP) is 1.94. The number of anilines is 1. The molecule has 15 heavy (non-hydrogen) atoms. The monoisotopic (exact) mass is 219 g/mol. The molecule has 0 amide bonds. The van der Waals surface area contributed by atoms with Crippen molar-refractivity contribution in [2.75, 3.05) is 5.54 Å². The van der Waals surface area contributed by atoms with Gasteiger partial charge >= 0.3 is 11.4 Å². The second-order valence-corrected chi connectivity index (χ2v) is 2.43. The van der Waals surface area contributed by atoms with Gasteiger partial charge in [0.15, 0.2) is 0 Å². The fraction of sp³-hybridized carbons (Fsp3) is 0. The zero-order valence-electron chi connectivity index (χ0n) is 6.94. The lowest BCUT2D eigenvalue weighted by atomic mass is 10.2. The summed E-state index contributed by atoms with van der Waals surface area (Å²) in [5.74, 6) is -1.36. The summed E-state index contributed by atoms with van der Waals surface area (Å²) in [7, 11) is 0. The maximum Gasteiger partial charge on any atom is 0.311 e. The van der Waals surface area contributed by atoms with Crippen LogP contribution in [0, 0.1) is 26.0 Å². The maximum atomic E-state index is 12.9. The molecule has 0 aliphatic rings. The van der Waals surface area contributed by atoms with Crippen molar-refractivity contribution in [1.82, 2.24) is 0 Å². The Morgan fingerprint density at radius 2 is 1.67 bits per heavy atom. The first-order chi connectivity index (χ1) is 6.97. The Balaban J connectivity index is 3.43. The molecule has 0 saturated carbocycles. The second-order valence-electron chi connectivity index (χ2n) is 2.43. The van der Waals surface area contributed by atoms with Crippen molar-refractivity contribution in [3.05, 3.63) is 38.2 Å². The molecule has 0 radical (unpaired) electrons. The fourth-order valence-corrected chi connectivity index (χ4v) is 0.917. The van der Waals surface area contributed by atoms with E-state index < -0.39 is 32.7 Å². The largest absolute Gasteiger partial charge is 0.311 e. The van der Waals surface area contributed by atoms with Crippen molar-refractivity contribution in [2.45, 2.75) is 0 Å². The molecule has 9 heteroatoms. The molecule has 0 atom stereocenters. The summed E-state index contributed by atoms with van der Waals surface area (Å²) < 4.78 is 24.8. The van der Waals surface area contributed by atoms with Crippen LogP contribution in [0.2, 0.25) is 0 Å². The number of nitrogens with zero attached hydrogens (tertiary/aromatic N) is 2. The summed E-state index contributed by atoms with van der Waals surface area (Å²) in [5.41, 5.74) is -1.89. The number of benzene rings is 1. The van der Waals surface area contributed by atoms with Gasteiger partial charge < -0.3 is 0 Å². The minimum absolute atomic E-state index is 0.344. The van der Waals surface area contributed by atoms with Gasteiger partial charge in [-0.25, -0.2) is 5.54 Å². The van der Waals surface area contributed by atoms with E-state index in [1.165, 1.54) is 0 Å². The number of rotatable bonds is 3. The van der Waals surface area contributed by atoms with E-state index in [0.717, 1.165) is 5.54 Å². The molecule has 1 aromatic rings. The minimum Gasteiger partial charge on any atom is -0.258 e. The van der Waals surface area contributed by atoms with E-state index in [2.05, 4.69) is 0 Å². The molecular weight excluding hydrogens is 216 g/mol. The van der Waals surface area contributed by atoms with E-state index in [9.17, 15) is 29.1 Å². The molecule has 0 unspecified atom stereocenters. The Kier molecular flexibility index (Phi) is 2.74. The van der Waals surface area contributed by atoms with Gasteiger partial charge in [0, 0.05) is 6.07 Å². The molecule has 7 nitrogen and oxygen atoms in total. The van der Waals surface area contributed by atoms with Gasteiger partial charge in [-0.1, -0.05) is 0 Å². The molecule has 0 fully saturated rings. The van der Waals surface area contributed by atoms with Crippen LogP contribution in [0.5, 0.6) is 0 Å². The van der Waals surface area contributed by atoms with Crippen LogP contribution in [-0.2, 0) is 0 Å². The molecule has 0 heterocycles. The Hall–Kier alpha value is -2.32. The van der Waals surface area contributed by atoms with Gasteiger partial charge in [0.1, 0.15) is 5.69 Å². The molecule has 0 aliphatic carbocycles. The molecule has 1 rings (SSSR count). The zero-order chi connectivity index (χ0) is 11.6. The van der Waals surface area contributed by atoms with Crippen molar-refractivity contribution >= 4 is 17.1 Å². The first kappa shape index (κ1) is 10.8. The Morgan fingerprint density at radius 1 is 1.13 bits per heavy atom. The van der Waals surface area contributed by atoms with E-state index >= 15 is 0 Å².